The van der Waals surface area contributed by atoms with Crippen LogP contribution in [-0.4, -0.2) is 34.0 Å². The van der Waals surface area contributed by atoms with Gasteiger partial charge >= 0.3 is 0 Å². The van der Waals surface area contributed by atoms with Crippen molar-refractivity contribution in [1.29, 1.82) is 0 Å². The molecule has 88 valence electrons. The van der Waals surface area contributed by atoms with Gasteiger partial charge in [-0.05, 0) is 33.2 Å². The number of hydrogen-bond donors (Lipinski definition) is 0. The molecule has 3 nitrogen and oxygen atoms in total. The first-order valence-corrected chi connectivity index (χ1v) is 6.26. The van der Waals surface area contributed by atoms with E-state index in [1.165, 1.54) is 19.4 Å². The van der Waals surface area contributed by atoms with Crippen molar-refractivity contribution in [1.82, 2.24) is 14.9 Å². The number of piperidine rings is 1. The van der Waals surface area contributed by atoms with Crippen LogP contribution in [0.1, 0.15) is 38.4 Å². The zero-order chi connectivity index (χ0) is 11.5. The lowest BCUT2D eigenvalue weighted by Crippen LogP contribution is -2.39. The lowest BCUT2D eigenvalue weighted by molar-refractivity contribution is 0.165. The Bertz CT molecular complexity index is 337. The Balaban J connectivity index is 2.06. The fourth-order valence-electron chi connectivity index (χ4n) is 2.22. The van der Waals surface area contributed by atoms with Gasteiger partial charge in [0.25, 0.3) is 0 Å². The molecular formula is C12H18ClN3. The van der Waals surface area contributed by atoms with Crippen LogP contribution in [0.25, 0.3) is 0 Å². The summed E-state index contributed by atoms with van der Waals surface area (Å²) in [5.41, 5.74) is 0. The normalized spacial score (nSPS) is 22.6. The molecule has 1 saturated heterocycles. The molecule has 0 bridgehead atoms. The third kappa shape index (κ3) is 2.71. The molecule has 0 aliphatic carbocycles. The van der Waals surface area contributed by atoms with Gasteiger partial charge < -0.3 is 4.90 Å². The highest BCUT2D eigenvalue weighted by atomic mass is 35.5. The van der Waals surface area contributed by atoms with E-state index in [-0.39, 0.29) is 0 Å². The van der Waals surface area contributed by atoms with E-state index in [4.69, 9.17) is 11.6 Å². The number of halogens is 1. The molecule has 1 aliphatic heterocycles. The zero-order valence-corrected chi connectivity index (χ0v) is 10.6. The van der Waals surface area contributed by atoms with Crippen LogP contribution in [0.4, 0.5) is 0 Å². The molecule has 1 aromatic heterocycles. The van der Waals surface area contributed by atoms with Gasteiger partial charge in [0.05, 0.1) is 5.02 Å². The van der Waals surface area contributed by atoms with E-state index in [0.29, 0.717) is 17.0 Å². The zero-order valence-electron chi connectivity index (χ0n) is 9.86. The number of aromatic nitrogens is 2. The summed E-state index contributed by atoms with van der Waals surface area (Å²) in [5, 5.41) is 0.611. The first-order chi connectivity index (χ1) is 7.66. The van der Waals surface area contributed by atoms with E-state index in [1.54, 1.807) is 12.4 Å². The van der Waals surface area contributed by atoms with Crippen molar-refractivity contribution in [2.75, 3.05) is 13.1 Å². The first kappa shape index (κ1) is 11.8. The predicted octanol–water partition coefficient (Wildman–Crippen LogP) is 2.72. The fraction of sp³-hybridized carbons (Fsp3) is 0.667. The van der Waals surface area contributed by atoms with Crippen LogP contribution in [0.3, 0.4) is 0 Å². The third-order valence-electron chi connectivity index (χ3n) is 3.19. The molecule has 0 aromatic carbocycles. The van der Waals surface area contributed by atoms with E-state index < -0.39 is 0 Å². The molecular weight excluding hydrogens is 222 g/mol. The van der Waals surface area contributed by atoms with Crippen molar-refractivity contribution in [3.8, 4) is 0 Å². The number of likely N-dealkylation sites (tertiary alicyclic amines) is 1. The summed E-state index contributed by atoms with van der Waals surface area (Å²) in [5.74, 6) is 1.41. The van der Waals surface area contributed by atoms with Crippen LogP contribution in [0.15, 0.2) is 12.4 Å². The smallest absolute Gasteiger partial charge is 0.132 e. The van der Waals surface area contributed by atoms with E-state index in [1.807, 2.05) is 0 Å². The maximum Gasteiger partial charge on any atom is 0.132 e. The first-order valence-electron chi connectivity index (χ1n) is 5.88. The van der Waals surface area contributed by atoms with E-state index in [0.717, 1.165) is 12.4 Å². The minimum absolute atomic E-state index is 0.466. The average Bonchev–Trinajstić information content (AvgIpc) is 2.30. The van der Waals surface area contributed by atoms with Gasteiger partial charge in [-0.25, -0.2) is 9.97 Å². The molecule has 0 saturated carbocycles. The van der Waals surface area contributed by atoms with Crippen molar-refractivity contribution >= 4 is 11.6 Å². The van der Waals surface area contributed by atoms with E-state index in [2.05, 4.69) is 28.7 Å². The SMILES string of the molecule is CC(C)N1CCCC(c2ncc(Cl)cn2)C1. The molecule has 0 spiro atoms. The maximum atomic E-state index is 5.79. The van der Waals surface area contributed by atoms with Crippen LogP contribution in [0.2, 0.25) is 5.02 Å². The largest absolute Gasteiger partial charge is 0.300 e. The average molecular weight is 240 g/mol. The Labute approximate surface area is 102 Å². The highest BCUT2D eigenvalue weighted by Crippen LogP contribution is 2.25. The molecule has 0 amide bonds. The van der Waals surface area contributed by atoms with Gasteiger partial charge in [-0.1, -0.05) is 11.6 Å². The summed E-state index contributed by atoms with van der Waals surface area (Å²) in [7, 11) is 0. The van der Waals surface area contributed by atoms with Crippen LogP contribution >= 0.6 is 11.6 Å². The summed E-state index contributed by atoms with van der Waals surface area (Å²) in [4.78, 5) is 11.1. The molecule has 1 aromatic rings. The second-order valence-corrected chi connectivity index (χ2v) is 5.12. The number of nitrogens with zero attached hydrogens (tertiary/aromatic N) is 3. The molecule has 16 heavy (non-hydrogen) atoms. The van der Waals surface area contributed by atoms with Gasteiger partial charge in [-0.3, -0.25) is 0 Å². The van der Waals surface area contributed by atoms with Gasteiger partial charge in [-0.2, -0.15) is 0 Å². The second-order valence-electron chi connectivity index (χ2n) is 4.69. The lowest BCUT2D eigenvalue weighted by atomic mass is 9.96. The molecule has 2 heterocycles. The van der Waals surface area contributed by atoms with Gasteiger partial charge in [0.15, 0.2) is 0 Å². The van der Waals surface area contributed by atoms with E-state index in [9.17, 15) is 0 Å². The van der Waals surface area contributed by atoms with E-state index >= 15 is 0 Å². The Morgan fingerprint density at radius 1 is 1.38 bits per heavy atom. The van der Waals surface area contributed by atoms with Crippen molar-refractivity contribution in [2.24, 2.45) is 0 Å². The molecule has 1 aliphatic rings. The molecule has 0 N–H and O–H groups in total. The standard InChI is InChI=1S/C12H18ClN3/c1-9(2)16-5-3-4-10(8-16)12-14-6-11(13)7-15-12/h6-7,9-10H,3-5,8H2,1-2H3. The molecule has 1 fully saturated rings. The topological polar surface area (TPSA) is 29.0 Å². The Kier molecular flexibility index (Phi) is 3.77. The summed E-state index contributed by atoms with van der Waals surface area (Å²) >= 11 is 5.79. The Hall–Kier alpha value is -0.670. The Morgan fingerprint density at radius 3 is 2.69 bits per heavy atom. The van der Waals surface area contributed by atoms with Crippen molar-refractivity contribution in [3.05, 3.63) is 23.2 Å². The van der Waals surface area contributed by atoms with Crippen molar-refractivity contribution in [3.63, 3.8) is 0 Å². The highest BCUT2D eigenvalue weighted by molar-refractivity contribution is 6.30. The number of hydrogen-bond acceptors (Lipinski definition) is 3. The summed E-state index contributed by atoms with van der Waals surface area (Å²) in [6, 6.07) is 0.607. The minimum Gasteiger partial charge on any atom is -0.300 e. The van der Waals surface area contributed by atoms with Crippen molar-refractivity contribution < 1.29 is 0 Å². The molecule has 1 unspecified atom stereocenters. The number of rotatable bonds is 2. The quantitative estimate of drug-likeness (QED) is 0.795. The lowest BCUT2D eigenvalue weighted by Gasteiger charge is -2.34. The van der Waals surface area contributed by atoms with Gasteiger partial charge in [0.2, 0.25) is 0 Å². The van der Waals surface area contributed by atoms with Gasteiger partial charge in [0, 0.05) is 30.9 Å². The van der Waals surface area contributed by atoms with Crippen LogP contribution in [0, 0.1) is 0 Å². The highest BCUT2D eigenvalue weighted by Gasteiger charge is 2.24. The van der Waals surface area contributed by atoms with Crippen LogP contribution < -0.4 is 0 Å². The molecule has 2 rings (SSSR count). The van der Waals surface area contributed by atoms with Crippen LogP contribution in [-0.2, 0) is 0 Å². The molecule has 0 radical (unpaired) electrons. The molecule has 4 heteroatoms. The summed E-state index contributed by atoms with van der Waals surface area (Å²) in [6.45, 7) is 6.75. The third-order valence-corrected chi connectivity index (χ3v) is 3.38. The maximum absolute atomic E-state index is 5.79. The second kappa shape index (κ2) is 5.11. The molecule has 1 atom stereocenters. The minimum atomic E-state index is 0.466. The van der Waals surface area contributed by atoms with Crippen molar-refractivity contribution in [2.45, 2.75) is 38.6 Å². The summed E-state index contributed by atoms with van der Waals surface area (Å²) in [6.07, 6.45) is 5.80. The van der Waals surface area contributed by atoms with Crippen LogP contribution in [0.5, 0.6) is 0 Å². The fourth-order valence-corrected chi connectivity index (χ4v) is 2.32. The predicted molar refractivity (Wildman–Crippen MR) is 65.7 cm³/mol. The monoisotopic (exact) mass is 239 g/mol. The Morgan fingerprint density at radius 2 is 2.06 bits per heavy atom. The van der Waals surface area contributed by atoms with Gasteiger partial charge in [0.1, 0.15) is 5.82 Å². The van der Waals surface area contributed by atoms with Gasteiger partial charge in [-0.15, -0.1) is 0 Å². The summed E-state index contributed by atoms with van der Waals surface area (Å²) < 4.78 is 0.